The number of aromatic nitrogens is 2. The summed E-state index contributed by atoms with van der Waals surface area (Å²) in [7, 11) is -2.01. The van der Waals surface area contributed by atoms with Crippen molar-refractivity contribution in [2.45, 2.75) is 18.4 Å². The van der Waals surface area contributed by atoms with Gasteiger partial charge in [-0.15, -0.1) is 0 Å². The molecule has 0 aromatic carbocycles. The van der Waals surface area contributed by atoms with Gasteiger partial charge in [-0.1, -0.05) is 6.07 Å². The first-order valence-electron chi connectivity index (χ1n) is 6.59. The summed E-state index contributed by atoms with van der Waals surface area (Å²) < 4.78 is 26.2. The van der Waals surface area contributed by atoms with Gasteiger partial charge in [-0.2, -0.15) is 4.31 Å². The summed E-state index contributed by atoms with van der Waals surface area (Å²) in [5.41, 5.74) is 0.834. The summed E-state index contributed by atoms with van der Waals surface area (Å²) >= 11 is 0. The third-order valence-electron chi connectivity index (χ3n) is 2.93. The lowest BCUT2D eigenvalue weighted by Gasteiger charge is -2.17. The standard InChI is InChI=1S/C14H18N4O2S/c1-3-16-14-7-6-13(10-17-14)21(19,20)18(2)11-12-5-4-8-15-9-12/h4-10H,3,11H2,1-2H3,(H,16,17). The highest BCUT2D eigenvalue weighted by Crippen LogP contribution is 2.17. The molecule has 2 heterocycles. The largest absolute Gasteiger partial charge is 0.370 e. The van der Waals surface area contributed by atoms with Gasteiger partial charge in [-0.05, 0) is 30.7 Å². The number of pyridine rings is 2. The molecule has 0 fully saturated rings. The minimum absolute atomic E-state index is 0.176. The lowest BCUT2D eigenvalue weighted by atomic mass is 10.3. The van der Waals surface area contributed by atoms with E-state index in [1.807, 2.05) is 13.0 Å². The van der Waals surface area contributed by atoms with Crippen molar-refractivity contribution in [3.05, 3.63) is 48.4 Å². The lowest BCUT2D eigenvalue weighted by Crippen LogP contribution is -2.26. The molecular formula is C14H18N4O2S. The quantitative estimate of drug-likeness (QED) is 0.879. The van der Waals surface area contributed by atoms with E-state index in [2.05, 4.69) is 15.3 Å². The van der Waals surface area contributed by atoms with Crippen LogP contribution in [0.15, 0.2) is 47.8 Å². The molecule has 0 amide bonds. The van der Waals surface area contributed by atoms with Crippen LogP contribution in [0.4, 0.5) is 5.82 Å². The molecule has 7 heteroatoms. The molecule has 1 N–H and O–H groups in total. The Morgan fingerprint density at radius 1 is 1.24 bits per heavy atom. The Balaban J connectivity index is 2.16. The van der Waals surface area contributed by atoms with Crippen LogP contribution in [-0.2, 0) is 16.6 Å². The molecule has 112 valence electrons. The summed E-state index contributed by atoms with van der Waals surface area (Å²) in [6.45, 7) is 2.96. The second-order valence-corrected chi connectivity index (χ2v) is 6.58. The van der Waals surface area contributed by atoms with Gasteiger partial charge in [0.2, 0.25) is 10.0 Å². The van der Waals surface area contributed by atoms with Crippen molar-refractivity contribution in [3.63, 3.8) is 0 Å². The average Bonchev–Trinajstić information content (AvgIpc) is 2.49. The number of nitrogens with zero attached hydrogens (tertiary/aromatic N) is 3. The zero-order valence-corrected chi connectivity index (χ0v) is 12.8. The van der Waals surface area contributed by atoms with Gasteiger partial charge in [0.05, 0.1) is 0 Å². The van der Waals surface area contributed by atoms with E-state index in [0.29, 0.717) is 5.82 Å². The van der Waals surface area contributed by atoms with Crippen molar-refractivity contribution in [2.75, 3.05) is 18.9 Å². The molecule has 21 heavy (non-hydrogen) atoms. The molecule has 0 atom stereocenters. The van der Waals surface area contributed by atoms with E-state index in [1.165, 1.54) is 10.5 Å². The molecule has 6 nitrogen and oxygen atoms in total. The maximum Gasteiger partial charge on any atom is 0.244 e. The summed E-state index contributed by atoms with van der Waals surface area (Å²) in [5.74, 6) is 0.659. The van der Waals surface area contributed by atoms with E-state index >= 15 is 0 Å². The third kappa shape index (κ3) is 3.77. The molecule has 0 radical (unpaired) electrons. The maximum atomic E-state index is 12.5. The lowest BCUT2D eigenvalue weighted by molar-refractivity contribution is 0.466. The van der Waals surface area contributed by atoms with Crippen molar-refractivity contribution < 1.29 is 8.42 Å². The molecule has 0 saturated carbocycles. The molecule has 2 aromatic rings. The van der Waals surface area contributed by atoms with E-state index in [4.69, 9.17) is 0 Å². The van der Waals surface area contributed by atoms with Gasteiger partial charge in [0.1, 0.15) is 10.7 Å². The van der Waals surface area contributed by atoms with Crippen molar-refractivity contribution in [1.82, 2.24) is 14.3 Å². The smallest absolute Gasteiger partial charge is 0.244 e. The fraction of sp³-hybridized carbons (Fsp3) is 0.286. The molecule has 0 spiro atoms. The van der Waals surface area contributed by atoms with E-state index in [1.54, 1.807) is 37.6 Å². The normalized spacial score (nSPS) is 11.6. The topological polar surface area (TPSA) is 75.2 Å². The Morgan fingerprint density at radius 3 is 2.62 bits per heavy atom. The summed E-state index contributed by atoms with van der Waals surface area (Å²) in [4.78, 5) is 8.25. The van der Waals surface area contributed by atoms with Gasteiger partial charge in [-0.3, -0.25) is 4.98 Å². The minimum atomic E-state index is -3.55. The molecule has 0 saturated heterocycles. The summed E-state index contributed by atoms with van der Waals surface area (Å²) in [6.07, 6.45) is 4.67. The van der Waals surface area contributed by atoms with Crippen molar-refractivity contribution in [2.24, 2.45) is 0 Å². The van der Waals surface area contributed by atoms with Crippen molar-refractivity contribution >= 4 is 15.8 Å². The highest BCUT2D eigenvalue weighted by molar-refractivity contribution is 7.89. The van der Waals surface area contributed by atoms with Crippen LogP contribution in [0.5, 0.6) is 0 Å². The van der Waals surface area contributed by atoms with Crippen LogP contribution in [0.2, 0.25) is 0 Å². The first-order valence-corrected chi connectivity index (χ1v) is 8.03. The molecule has 2 rings (SSSR count). The second-order valence-electron chi connectivity index (χ2n) is 4.53. The first-order chi connectivity index (χ1) is 10.0. The first kappa shape index (κ1) is 15.4. The van der Waals surface area contributed by atoms with E-state index < -0.39 is 10.0 Å². The Hall–Kier alpha value is -1.99. The monoisotopic (exact) mass is 306 g/mol. The Labute approximate surface area is 124 Å². The predicted molar refractivity (Wildman–Crippen MR) is 81.3 cm³/mol. The fourth-order valence-corrected chi connectivity index (χ4v) is 2.94. The third-order valence-corrected chi connectivity index (χ3v) is 4.72. The maximum absolute atomic E-state index is 12.5. The van der Waals surface area contributed by atoms with Gasteiger partial charge in [0.15, 0.2) is 0 Å². The van der Waals surface area contributed by atoms with Gasteiger partial charge in [-0.25, -0.2) is 13.4 Å². The van der Waals surface area contributed by atoms with Crippen LogP contribution in [-0.4, -0.2) is 36.3 Å². The highest BCUT2D eigenvalue weighted by atomic mass is 32.2. The molecular weight excluding hydrogens is 288 g/mol. The SMILES string of the molecule is CCNc1ccc(S(=O)(=O)N(C)Cc2cccnc2)cn1. The molecule has 0 aliphatic carbocycles. The molecule has 0 aliphatic rings. The predicted octanol–water partition coefficient (Wildman–Crippen LogP) is 1.73. The van der Waals surface area contributed by atoms with Gasteiger partial charge < -0.3 is 5.32 Å². The Bertz CT molecular complexity index is 672. The summed E-state index contributed by atoms with van der Waals surface area (Å²) in [5, 5.41) is 3.03. The van der Waals surface area contributed by atoms with E-state index in [9.17, 15) is 8.42 Å². The minimum Gasteiger partial charge on any atom is -0.370 e. The molecule has 2 aromatic heterocycles. The van der Waals surface area contributed by atoms with Crippen LogP contribution >= 0.6 is 0 Å². The highest BCUT2D eigenvalue weighted by Gasteiger charge is 2.21. The van der Waals surface area contributed by atoms with Crippen LogP contribution in [0.25, 0.3) is 0 Å². The zero-order chi connectivity index (χ0) is 15.3. The number of anilines is 1. The Morgan fingerprint density at radius 2 is 2.05 bits per heavy atom. The van der Waals surface area contributed by atoms with Crippen molar-refractivity contribution in [1.29, 1.82) is 0 Å². The fourth-order valence-electron chi connectivity index (χ4n) is 1.83. The number of hydrogen-bond acceptors (Lipinski definition) is 5. The summed E-state index contributed by atoms with van der Waals surface area (Å²) in [6, 6.07) is 6.84. The number of rotatable bonds is 6. The van der Waals surface area contributed by atoms with Gasteiger partial charge in [0, 0.05) is 38.7 Å². The van der Waals surface area contributed by atoms with Crippen molar-refractivity contribution in [3.8, 4) is 0 Å². The van der Waals surface area contributed by atoms with Crippen LogP contribution in [0.3, 0.4) is 0 Å². The average molecular weight is 306 g/mol. The van der Waals surface area contributed by atoms with Crippen LogP contribution in [0, 0.1) is 0 Å². The van der Waals surface area contributed by atoms with Gasteiger partial charge in [0.25, 0.3) is 0 Å². The Kier molecular flexibility index (Phi) is 4.87. The number of hydrogen-bond donors (Lipinski definition) is 1. The van der Waals surface area contributed by atoms with Crippen LogP contribution in [0.1, 0.15) is 12.5 Å². The zero-order valence-electron chi connectivity index (χ0n) is 12.0. The molecule has 0 bridgehead atoms. The number of sulfonamides is 1. The van der Waals surface area contributed by atoms with E-state index in [0.717, 1.165) is 12.1 Å². The van der Waals surface area contributed by atoms with E-state index in [-0.39, 0.29) is 11.4 Å². The number of nitrogens with one attached hydrogen (secondary N) is 1. The van der Waals surface area contributed by atoms with Gasteiger partial charge >= 0.3 is 0 Å². The molecule has 0 aliphatic heterocycles. The molecule has 0 unspecified atom stereocenters. The second kappa shape index (κ2) is 6.64. The van der Waals surface area contributed by atoms with Crippen LogP contribution < -0.4 is 5.32 Å².